The lowest BCUT2D eigenvalue weighted by Crippen LogP contribution is -2.35. The molecule has 0 radical (unpaired) electrons. The molecule has 2 rings (SSSR count). The molecule has 1 aromatic rings. The van der Waals surface area contributed by atoms with Crippen molar-refractivity contribution in [2.45, 2.75) is 45.1 Å². The summed E-state index contributed by atoms with van der Waals surface area (Å²) in [5.41, 5.74) is -0.386. The molecule has 21 heavy (non-hydrogen) atoms. The van der Waals surface area contributed by atoms with E-state index in [9.17, 15) is 14.9 Å². The molecule has 7 heteroatoms. The zero-order valence-corrected chi connectivity index (χ0v) is 12.0. The monoisotopic (exact) mass is 293 g/mol. The third kappa shape index (κ3) is 3.29. The van der Waals surface area contributed by atoms with Crippen molar-refractivity contribution in [2.24, 2.45) is 0 Å². The normalized spacial score (nSPS) is 19.1. The number of carbonyl (C=O) groups is 1. The van der Waals surface area contributed by atoms with Gasteiger partial charge in [-0.25, -0.2) is 9.78 Å². The summed E-state index contributed by atoms with van der Waals surface area (Å²) in [5, 5.41) is 20.2. The minimum atomic E-state index is -1.21. The van der Waals surface area contributed by atoms with Gasteiger partial charge in [0.05, 0.1) is 10.5 Å². The number of rotatable bonds is 4. The molecule has 1 aromatic heterocycles. The largest absolute Gasteiger partial charge is 0.478 e. The highest BCUT2D eigenvalue weighted by atomic mass is 16.6. The van der Waals surface area contributed by atoms with Crippen LogP contribution in [0.15, 0.2) is 12.3 Å². The predicted molar refractivity (Wildman–Crippen MR) is 77.7 cm³/mol. The number of anilines is 1. The summed E-state index contributed by atoms with van der Waals surface area (Å²) in [6.07, 6.45) is 6.25. The summed E-state index contributed by atoms with van der Waals surface area (Å²) in [5.74, 6) is -0.918. The molecule has 0 bridgehead atoms. The third-order valence-corrected chi connectivity index (χ3v) is 3.91. The summed E-state index contributed by atoms with van der Waals surface area (Å²) < 4.78 is 0. The number of nitrogens with zero attached hydrogens (tertiary/aromatic N) is 3. The third-order valence-electron chi connectivity index (χ3n) is 3.91. The first kappa shape index (κ1) is 15.2. The average Bonchev–Trinajstić information content (AvgIpc) is 2.71. The highest BCUT2D eigenvalue weighted by Gasteiger charge is 2.28. The van der Waals surface area contributed by atoms with Crippen molar-refractivity contribution in [2.75, 3.05) is 11.4 Å². The predicted octanol–water partition coefficient (Wildman–Crippen LogP) is 2.85. The summed E-state index contributed by atoms with van der Waals surface area (Å²) >= 11 is 0. The van der Waals surface area contributed by atoms with E-state index < -0.39 is 10.9 Å². The molecule has 114 valence electrons. The number of nitro groups is 1. The van der Waals surface area contributed by atoms with Crippen molar-refractivity contribution in [1.82, 2.24) is 4.98 Å². The Kier molecular flexibility index (Phi) is 4.72. The number of aromatic carboxylic acids is 1. The summed E-state index contributed by atoms with van der Waals surface area (Å²) in [6, 6.07) is 1.32. The molecular formula is C14H19N3O4. The SMILES string of the molecule is CCC1CCCCCN1c1ncc(C(=O)O)cc1[N+](=O)[O-]. The van der Waals surface area contributed by atoms with Gasteiger partial charge in [0, 0.05) is 24.8 Å². The number of pyridine rings is 1. The Morgan fingerprint density at radius 3 is 2.90 bits per heavy atom. The minimum Gasteiger partial charge on any atom is -0.478 e. The standard InChI is InChI=1S/C14H19N3O4/c1-2-11-6-4-3-5-7-16(11)13-12(17(20)21)8-10(9-15-13)14(18)19/h8-9,11H,2-7H2,1H3,(H,18,19). The lowest BCUT2D eigenvalue weighted by Gasteiger charge is -2.29. The fourth-order valence-corrected chi connectivity index (χ4v) is 2.80. The second-order valence-corrected chi connectivity index (χ2v) is 5.23. The number of hydrogen-bond acceptors (Lipinski definition) is 5. The van der Waals surface area contributed by atoms with Gasteiger partial charge in [-0.15, -0.1) is 0 Å². The summed E-state index contributed by atoms with van der Waals surface area (Å²) in [4.78, 5) is 27.7. The molecule has 0 amide bonds. The molecule has 7 nitrogen and oxygen atoms in total. The molecule has 1 fully saturated rings. The van der Waals surface area contributed by atoms with Gasteiger partial charge in [0.1, 0.15) is 0 Å². The maximum Gasteiger partial charge on any atom is 0.337 e. The fraction of sp³-hybridized carbons (Fsp3) is 0.571. The van der Waals surface area contributed by atoms with E-state index in [1.54, 1.807) is 0 Å². The van der Waals surface area contributed by atoms with Gasteiger partial charge in [0.2, 0.25) is 5.82 Å². The molecule has 0 saturated carbocycles. The smallest absolute Gasteiger partial charge is 0.337 e. The minimum absolute atomic E-state index is 0.159. The number of carboxylic acid groups (broad SMARTS) is 1. The quantitative estimate of drug-likeness (QED) is 0.677. The van der Waals surface area contributed by atoms with E-state index in [-0.39, 0.29) is 17.3 Å². The molecule has 1 unspecified atom stereocenters. The Morgan fingerprint density at radius 2 is 2.29 bits per heavy atom. The van der Waals surface area contributed by atoms with Gasteiger partial charge in [-0.2, -0.15) is 0 Å². The fourth-order valence-electron chi connectivity index (χ4n) is 2.80. The maximum absolute atomic E-state index is 11.3. The van der Waals surface area contributed by atoms with E-state index >= 15 is 0 Å². The van der Waals surface area contributed by atoms with Gasteiger partial charge in [-0.05, 0) is 19.3 Å². The number of aromatic nitrogens is 1. The molecule has 1 N–H and O–H groups in total. The zero-order chi connectivity index (χ0) is 15.4. The van der Waals surface area contributed by atoms with Crippen LogP contribution in [0.1, 0.15) is 49.4 Å². The van der Waals surface area contributed by atoms with E-state index in [4.69, 9.17) is 5.11 Å². The van der Waals surface area contributed by atoms with Crippen molar-refractivity contribution in [3.8, 4) is 0 Å². The van der Waals surface area contributed by atoms with Crippen molar-refractivity contribution in [1.29, 1.82) is 0 Å². The topological polar surface area (TPSA) is 96.6 Å². The average molecular weight is 293 g/mol. The van der Waals surface area contributed by atoms with Crippen LogP contribution in [-0.2, 0) is 0 Å². The second kappa shape index (κ2) is 6.51. The van der Waals surface area contributed by atoms with Crippen LogP contribution in [0.25, 0.3) is 0 Å². The van der Waals surface area contributed by atoms with Gasteiger partial charge in [-0.3, -0.25) is 10.1 Å². The first-order valence-electron chi connectivity index (χ1n) is 7.19. The van der Waals surface area contributed by atoms with Crippen LogP contribution < -0.4 is 4.90 Å². The van der Waals surface area contributed by atoms with Crippen LogP contribution in [0.5, 0.6) is 0 Å². The van der Waals surface area contributed by atoms with Crippen molar-refractivity contribution in [3.05, 3.63) is 27.9 Å². The first-order valence-corrected chi connectivity index (χ1v) is 7.19. The van der Waals surface area contributed by atoms with Crippen LogP contribution in [0.2, 0.25) is 0 Å². The van der Waals surface area contributed by atoms with Gasteiger partial charge >= 0.3 is 11.7 Å². The van der Waals surface area contributed by atoms with Crippen LogP contribution in [0.4, 0.5) is 11.5 Å². The highest BCUT2D eigenvalue weighted by Crippen LogP contribution is 2.32. The Balaban J connectivity index is 2.45. The van der Waals surface area contributed by atoms with Crippen molar-refractivity contribution in [3.63, 3.8) is 0 Å². The molecule has 1 atom stereocenters. The van der Waals surface area contributed by atoms with Gasteiger partial charge in [0.15, 0.2) is 0 Å². The van der Waals surface area contributed by atoms with Crippen LogP contribution in [0.3, 0.4) is 0 Å². The lowest BCUT2D eigenvalue weighted by atomic mass is 10.1. The van der Waals surface area contributed by atoms with Crippen molar-refractivity contribution < 1.29 is 14.8 Å². The molecule has 0 aromatic carbocycles. The number of carboxylic acids is 1. The molecule has 0 spiro atoms. The second-order valence-electron chi connectivity index (χ2n) is 5.23. The van der Waals surface area contributed by atoms with E-state index in [1.165, 1.54) is 6.20 Å². The summed E-state index contributed by atoms with van der Waals surface area (Å²) in [7, 11) is 0. The molecule has 2 heterocycles. The van der Waals surface area contributed by atoms with Crippen LogP contribution in [-0.4, -0.2) is 33.6 Å². The molecule has 1 saturated heterocycles. The Labute approximate surface area is 122 Å². The Bertz CT molecular complexity index is 547. The Hall–Kier alpha value is -2.18. The van der Waals surface area contributed by atoms with Gasteiger partial charge < -0.3 is 10.0 Å². The molecular weight excluding hydrogens is 274 g/mol. The van der Waals surface area contributed by atoms with Crippen LogP contribution >= 0.6 is 0 Å². The van der Waals surface area contributed by atoms with Gasteiger partial charge in [0.25, 0.3) is 0 Å². The maximum atomic E-state index is 11.3. The van der Waals surface area contributed by atoms with E-state index in [2.05, 4.69) is 11.9 Å². The molecule has 0 aliphatic carbocycles. The zero-order valence-electron chi connectivity index (χ0n) is 12.0. The van der Waals surface area contributed by atoms with E-state index in [1.807, 2.05) is 4.90 Å². The van der Waals surface area contributed by atoms with E-state index in [0.717, 1.165) is 44.7 Å². The van der Waals surface area contributed by atoms with Gasteiger partial charge in [-0.1, -0.05) is 19.8 Å². The molecule has 1 aliphatic rings. The molecule has 1 aliphatic heterocycles. The number of hydrogen-bond donors (Lipinski definition) is 1. The van der Waals surface area contributed by atoms with Crippen molar-refractivity contribution >= 4 is 17.5 Å². The summed E-state index contributed by atoms with van der Waals surface area (Å²) in [6.45, 7) is 2.78. The first-order chi connectivity index (χ1) is 10.0. The Morgan fingerprint density at radius 1 is 1.52 bits per heavy atom. The highest BCUT2D eigenvalue weighted by molar-refractivity contribution is 5.88. The van der Waals surface area contributed by atoms with E-state index in [0.29, 0.717) is 5.82 Å². The lowest BCUT2D eigenvalue weighted by molar-refractivity contribution is -0.384. The van der Waals surface area contributed by atoms with Crippen LogP contribution in [0, 0.1) is 10.1 Å².